The average Bonchev–Trinajstić information content (AvgIpc) is 3.13. The van der Waals surface area contributed by atoms with Crippen LogP contribution in [0, 0.1) is 11.3 Å². The Bertz CT molecular complexity index is 614. The van der Waals surface area contributed by atoms with Gasteiger partial charge < -0.3 is 4.90 Å². The van der Waals surface area contributed by atoms with Gasteiger partial charge in [-0.05, 0) is 31.0 Å². The van der Waals surface area contributed by atoms with Crippen LogP contribution in [0.5, 0.6) is 0 Å². The molecule has 1 aromatic carbocycles. The Kier molecular flexibility index (Phi) is 2.15. The van der Waals surface area contributed by atoms with Crippen molar-refractivity contribution in [1.82, 2.24) is 4.72 Å². The van der Waals surface area contributed by atoms with E-state index in [1.807, 2.05) is 6.07 Å². The SMILES string of the molecule is N#Cc1ccc2c(c1)S(=O)(=O)NCN2C1CC1. The van der Waals surface area contributed by atoms with E-state index in [2.05, 4.69) is 9.62 Å². The minimum absolute atomic E-state index is 0.217. The first-order valence-electron chi connectivity index (χ1n) is 5.42. The van der Waals surface area contributed by atoms with Crippen LogP contribution in [0.2, 0.25) is 0 Å². The number of anilines is 1. The fraction of sp³-hybridized carbons (Fsp3) is 0.364. The highest BCUT2D eigenvalue weighted by atomic mass is 32.2. The van der Waals surface area contributed by atoms with E-state index in [9.17, 15) is 8.42 Å². The number of nitriles is 1. The van der Waals surface area contributed by atoms with Crippen LogP contribution in [-0.4, -0.2) is 21.1 Å². The third-order valence-electron chi connectivity index (χ3n) is 3.10. The van der Waals surface area contributed by atoms with Crippen LogP contribution in [0.1, 0.15) is 18.4 Å². The number of hydrogen-bond acceptors (Lipinski definition) is 4. The number of hydrogen-bond donors (Lipinski definition) is 1. The summed E-state index contributed by atoms with van der Waals surface area (Å²) >= 11 is 0. The van der Waals surface area contributed by atoms with Gasteiger partial charge in [0.1, 0.15) is 4.90 Å². The first-order chi connectivity index (χ1) is 8.12. The van der Waals surface area contributed by atoms with Gasteiger partial charge in [0, 0.05) is 6.04 Å². The Morgan fingerprint density at radius 3 is 2.82 bits per heavy atom. The van der Waals surface area contributed by atoms with Gasteiger partial charge in [-0.1, -0.05) is 0 Å². The van der Waals surface area contributed by atoms with Crippen molar-refractivity contribution in [3.63, 3.8) is 0 Å². The van der Waals surface area contributed by atoms with Crippen molar-refractivity contribution in [1.29, 1.82) is 5.26 Å². The van der Waals surface area contributed by atoms with E-state index in [4.69, 9.17) is 5.26 Å². The fourth-order valence-electron chi connectivity index (χ4n) is 2.07. The van der Waals surface area contributed by atoms with Gasteiger partial charge in [0.2, 0.25) is 10.0 Å². The molecule has 5 nitrogen and oxygen atoms in total. The van der Waals surface area contributed by atoms with Crippen molar-refractivity contribution in [2.45, 2.75) is 23.8 Å². The standard InChI is InChI=1S/C11H11N3O2S/c12-6-8-1-4-10-11(5-8)17(15,16)13-7-14(10)9-2-3-9/h1,4-5,9,13H,2-3,7H2. The Hall–Kier alpha value is -1.58. The minimum atomic E-state index is -3.46. The monoisotopic (exact) mass is 249 g/mol. The summed E-state index contributed by atoms with van der Waals surface area (Å²) in [6, 6.07) is 7.22. The molecular formula is C11H11N3O2S. The predicted octanol–water partition coefficient (Wildman–Crippen LogP) is 0.776. The molecule has 1 saturated carbocycles. The molecule has 2 aliphatic rings. The van der Waals surface area contributed by atoms with Crippen molar-refractivity contribution < 1.29 is 8.42 Å². The van der Waals surface area contributed by atoms with E-state index < -0.39 is 10.0 Å². The number of rotatable bonds is 1. The molecule has 0 spiro atoms. The van der Waals surface area contributed by atoms with Gasteiger partial charge in [-0.3, -0.25) is 0 Å². The summed E-state index contributed by atoms with van der Waals surface area (Å²) in [6.45, 7) is 0.325. The van der Waals surface area contributed by atoms with Crippen molar-refractivity contribution >= 4 is 15.7 Å². The fourth-order valence-corrected chi connectivity index (χ4v) is 3.27. The minimum Gasteiger partial charge on any atom is -0.354 e. The molecule has 88 valence electrons. The highest BCUT2D eigenvalue weighted by Crippen LogP contribution is 2.37. The zero-order chi connectivity index (χ0) is 12.0. The largest absolute Gasteiger partial charge is 0.354 e. The molecule has 1 aliphatic carbocycles. The van der Waals surface area contributed by atoms with Crippen LogP contribution in [0.15, 0.2) is 23.1 Å². The van der Waals surface area contributed by atoms with Gasteiger partial charge in [-0.25, -0.2) is 8.42 Å². The molecule has 1 N–H and O–H groups in total. The molecule has 0 atom stereocenters. The van der Waals surface area contributed by atoms with Crippen LogP contribution in [0.3, 0.4) is 0 Å². The molecule has 17 heavy (non-hydrogen) atoms. The first-order valence-corrected chi connectivity index (χ1v) is 6.90. The quantitative estimate of drug-likeness (QED) is 0.798. The maximum Gasteiger partial charge on any atom is 0.244 e. The van der Waals surface area contributed by atoms with Gasteiger partial charge >= 0.3 is 0 Å². The smallest absolute Gasteiger partial charge is 0.244 e. The molecule has 0 radical (unpaired) electrons. The second-order valence-electron chi connectivity index (χ2n) is 4.30. The van der Waals surface area contributed by atoms with E-state index in [-0.39, 0.29) is 4.90 Å². The third-order valence-corrected chi connectivity index (χ3v) is 4.52. The third kappa shape index (κ3) is 1.68. The van der Waals surface area contributed by atoms with Gasteiger partial charge in [0.15, 0.2) is 0 Å². The lowest BCUT2D eigenvalue weighted by atomic mass is 10.2. The number of benzene rings is 1. The summed E-state index contributed by atoms with van der Waals surface area (Å²) in [7, 11) is -3.46. The molecule has 1 aliphatic heterocycles. The van der Waals surface area contributed by atoms with Crippen molar-refractivity contribution in [3.8, 4) is 6.07 Å². The zero-order valence-electron chi connectivity index (χ0n) is 9.05. The summed E-state index contributed by atoms with van der Waals surface area (Å²) in [6.07, 6.45) is 2.20. The maximum atomic E-state index is 11.9. The Morgan fingerprint density at radius 2 is 2.18 bits per heavy atom. The van der Waals surface area contributed by atoms with Crippen LogP contribution < -0.4 is 9.62 Å². The van der Waals surface area contributed by atoms with Crippen LogP contribution >= 0.6 is 0 Å². The molecule has 1 heterocycles. The summed E-state index contributed by atoms with van der Waals surface area (Å²) < 4.78 is 26.3. The zero-order valence-corrected chi connectivity index (χ0v) is 9.87. The highest BCUT2D eigenvalue weighted by Gasteiger charge is 2.36. The lowest BCUT2D eigenvalue weighted by molar-refractivity contribution is 0.570. The summed E-state index contributed by atoms with van der Waals surface area (Å²) in [4.78, 5) is 2.27. The molecule has 1 fully saturated rings. The molecule has 0 aromatic heterocycles. The van der Waals surface area contributed by atoms with E-state index in [1.54, 1.807) is 12.1 Å². The molecule has 3 rings (SSSR count). The number of nitrogens with one attached hydrogen (secondary N) is 1. The summed E-state index contributed by atoms with van der Waals surface area (Å²) in [5.41, 5.74) is 1.08. The normalized spacial score (nSPS) is 21.7. The second-order valence-corrected chi connectivity index (χ2v) is 6.04. The first kappa shape index (κ1) is 10.6. The summed E-state index contributed by atoms with van der Waals surface area (Å²) in [5, 5.41) is 8.82. The van der Waals surface area contributed by atoms with Gasteiger partial charge in [-0.15, -0.1) is 0 Å². The van der Waals surface area contributed by atoms with Crippen LogP contribution in [-0.2, 0) is 10.0 Å². The van der Waals surface area contributed by atoms with Crippen molar-refractivity contribution in [2.24, 2.45) is 0 Å². The van der Waals surface area contributed by atoms with E-state index >= 15 is 0 Å². The van der Waals surface area contributed by atoms with E-state index in [1.165, 1.54) is 6.07 Å². The number of nitrogens with zero attached hydrogens (tertiary/aromatic N) is 2. The average molecular weight is 249 g/mol. The molecule has 6 heteroatoms. The van der Waals surface area contributed by atoms with Gasteiger partial charge in [0.05, 0.1) is 24.0 Å². The maximum absolute atomic E-state index is 11.9. The van der Waals surface area contributed by atoms with Gasteiger partial charge in [0.25, 0.3) is 0 Å². The van der Waals surface area contributed by atoms with Crippen LogP contribution in [0.4, 0.5) is 5.69 Å². The molecule has 1 aromatic rings. The lowest BCUT2D eigenvalue weighted by Crippen LogP contribution is -2.44. The predicted molar refractivity (Wildman–Crippen MR) is 61.8 cm³/mol. The molecule has 0 saturated heterocycles. The Morgan fingerprint density at radius 1 is 1.41 bits per heavy atom. The lowest BCUT2D eigenvalue weighted by Gasteiger charge is -2.31. The highest BCUT2D eigenvalue weighted by molar-refractivity contribution is 7.89. The Balaban J connectivity index is 2.17. The van der Waals surface area contributed by atoms with Crippen molar-refractivity contribution in [2.75, 3.05) is 11.6 Å². The number of sulfonamides is 1. The molecular weight excluding hydrogens is 238 g/mol. The second kappa shape index (κ2) is 3.45. The molecule has 0 bridgehead atoms. The van der Waals surface area contributed by atoms with Gasteiger partial charge in [-0.2, -0.15) is 9.98 Å². The van der Waals surface area contributed by atoms with E-state index in [0.29, 0.717) is 24.0 Å². The molecule has 0 unspecified atom stereocenters. The topological polar surface area (TPSA) is 73.2 Å². The van der Waals surface area contributed by atoms with Crippen LogP contribution in [0.25, 0.3) is 0 Å². The van der Waals surface area contributed by atoms with E-state index in [0.717, 1.165) is 12.8 Å². The van der Waals surface area contributed by atoms with Crippen molar-refractivity contribution in [3.05, 3.63) is 23.8 Å². The summed E-state index contributed by atoms with van der Waals surface area (Å²) in [5.74, 6) is 0. The Labute approximate surface area is 99.7 Å². The molecule has 0 amide bonds. The number of fused-ring (bicyclic) bond motifs is 1.